The molecular formula is C25H29N3O2. The number of fused-ring (bicyclic) bond motifs is 1. The molecule has 0 spiro atoms. The molecule has 0 atom stereocenters. The zero-order chi connectivity index (χ0) is 21.2. The number of aromatic nitrogens is 2. The number of hydrogen-bond donors (Lipinski definition) is 2. The van der Waals surface area contributed by atoms with Crippen molar-refractivity contribution in [2.75, 3.05) is 13.1 Å². The number of benzene rings is 1. The van der Waals surface area contributed by atoms with Gasteiger partial charge in [0.1, 0.15) is 5.60 Å². The molecule has 0 bridgehead atoms. The highest BCUT2D eigenvalue weighted by atomic mass is 16.3. The molecule has 3 aromatic rings. The summed E-state index contributed by atoms with van der Waals surface area (Å²) in [4.78, 5) is 6.61. The molecule has 4 rings (SSSR count). The zero-order valence-corrected chi connectivity index (χ0v) is 17.7. The van der Waals surface area contributed by atoms with Gasteiger partial charge in [-0.2, -0.15) is 0 Å². The van der Waals surface area contributed by atoms with Crippen molar-refractivity contribution in [3.8, 4) is 11.8 Å². The molecule has 1 saturated heterocycles. The van der Waals surface area contributed by atoms with Gasteiger partial charge in [0.05, 0.1) is 23.9 Å². The SMILES string of the molecule is CC(C)(O)C#Cc1ccc(CN2CCC(O)(Cn3ccc4ccncc43)CC2)cc1. The quantitative estimate of drug-likeness (QED) is 0.657. The van der Waals surface area contributed by atoms with Gasteiger partial charge in [-0.3, -0.25) is 9.88 Å². The molecule has 30 heavy (non-hydrogen) atoms. The molecule has 1 aliphatic rings. The van der Waals surface area contributed by atoms with E-state index < -0.39 is 11.2 Å². The Morgan fingerprint density at radius 1 is 1.10 bits per heavy atom. The van der Waals surface area contributed by atoms with Crippen molar-refractivity contribution in [3.05, 3.63) is 66.1 Å². The van der Waals surface area contributed by atoms with E-state index in [4.69, 9.17) is 0 Å². The van der Waals surface area contributed by atoms with E-state index in [-0.39, 0.29) is 0 Å². The summed E-state index contributed by atoms with van der Waals surface area (Å²) < 4.78 is 2.12. The fraction of sp³-hybridized carbons (Fsp3) is 0.400. The molecule has 3 heterocycles. The van der Waals surface area contributed by atoms with Gasteiger partial charge in [0.15, 0.2) is 0 Å². The average Bonchev–Trinajstić information content (AvgIpc) is 3.11. The number of rotatable bonds is 4. The van der Waals surface area contributed by atoms with Gasteiger partial charge in [-0.1, -0.05) is 24.0 Å². The van der Waals surface area contributed by atoms with Crippen LogP contribution in [0.5, 0.6) is 0 Å². The Labute approximate surface area is 178 Å². The Bertz CT molecular complexity index is 1060. The van der Waals surface area contributed by atoms with Crippen LogP contribution in [0.1, 0.15) is 37.8 Å². The first-order valence-electron chi connectivity index (χ1n) is 10.5. The molecule has 5 heteroatoms. The third kappa shape index (κ3) is 5.09. The van der Waals surface area contributed by atoms with Crippen molar-refractivity contribution in [1.29, 1.82) is 0 Å². The van der Waals surface area contributed by atoms with Crippen LogP contribution >= 0.6 is 0 Å². The number of likely N-dealkylation sites (tertiary alicyclic amines) is 1. The summed E-state index contributed by atoms with van der Waals surface area (Å²) in [5.41, 5.74) is 1.54. The largest absolute Gasteiger partial charge is 0.388 e. The number of hydrogen-bond acceptors (Lipinski definition) is 4. The number of aliphatic hydroxyl groups is 2. The summed E-state index contributed by atoms with van der Waals surface area (Å²) in [5.74, 6) is 5.84. The minimum absolute atomic E-state index is 0.602. The second-order valence-electron chi connectivity index (χ2n) is 8.88. The topological polar surface area (TPSA) is 61.5 Å². The Morgan fingerprint density at radius 2 is 1.83 bits per heavy atom. The van der Waals surface area contributed by atoms with Gasteiger partial charge >= 0.3 is 0 Å². The molecule has 2 N–H and O–H groups in total. The van der Waals surface area contributed by atoms with Crippen molar-refractivity contribution >= 4 is 10.9 Å². The molecule has 5 nitrogen and oxygen atoms in total. The van der Waals surface area contributed by atoms with Crippen LogP contribution in [0.25, 0.3) is 10.9 Å². The van der Waals surface area contributed by atoms with E-state index in [9.17, 15) is 10.2 Å². The average molecular weight is 404 g/mol. The summed E-state index contributed by atoms with van der Waals surface area (Å²) in [6, 6.07) is 12.3. The number of pyridine rings is 1. The molecule has 0 aliphatic carbocycles. The molecule has 0 radical (unpaired) electrons. The van der Waals surface area contributed by atoms with Crippen LogP contribution in [0.2, 0.25) is 0 Å². The second-order valence-corrected chi connectivity index (χ2v) is 8.88. The summed E-state index contributed by atoms with van der Waals surface area (Å²) in [7, 11) is 0. The predicted molar refractivity (Wildman–Crippen MR) is 119 cm³/mol. The lowest BCUT2D eigenvalue weighted by atomic mass is 9.91. The van der Waals surface area contributed by atoms with Crippen LogP contribution in [0, 0.1) is 11.8 Å². The van der Waals surface area contributed by atoms with E-state index in [0.29, 0.717) is 6.54 Å². The minimum Gasteiger partial charge on any atom is -0.388 e. The van der Waals surface area contributed by atoms with Gasteiger partial charge in [-0.25, -0.2) is 0 Å². The Kier molecular flexibility index (Phi) is 5.66. The summed E-state index contributed by atoms with van der Waals surface area (Å²) in [5, 5.41) is 22.0. The van der Waals surface area contributed by atoms with Crippen LogP contribution in [0.3, 0.4) is 0 Å². The van der Waals surface area contributed by atoms with Crippen LogP contribution in [-0.2, 0) is 13.1 Å². The minimum atomic E-state index is -0.979. The molecular weight excluding hydrogens is 374 g/mol. The molecule has 0 saturated carbocycles. The van der Waals surface area contributed by atoms with Crippen LogP contribution in [0.15, 0.2) is 55.0 Å². The first-order chi connectivity index (χ1) is 14.3. The van der Waals surface area contributed by atoms with Crippen LogP contribution in [0.4, 0.5) is 0 Å². The Hall–Kier alpha value is -2.65. The summed E-state index contributed by atoms with van der Waals surface area (Å²) in [6.45, 7) is 6.57. The fourth-order valence-electron chi connectivity index (χ4n) is 3.95. The zero-order valence-electron chi connectivity index (χ0n) is 17.7. The normalized spacial score (nSPS) is 16.9. The molecule has 0 unspecified atom stereocenters. The van der Waals surface area contributed by atoms with Crippen LogP contribution < -0.4 is 0 Å². The highest BCUT2D eigenvalue weighted by Gasteiger charge is 2.32. The van der Waals surface area contributed by atoms with Gasteiger partial charge in [0.2, 0.25) is 0 Å². The van der Waals surface area contributed by atoms with Gasteiger partial charge in [-0.15, -0.1) is 0 Å². The standard InChI is InChI=1S/C25H29N3O2/c1-24(2,29)10-7-20-3-5-21(6-4-20)18-27-15-11-25(30,12-16-27)19-28-14-9-22-8-13-26-17-23(22)28/h3-6,8-9,13-14,17,29-30H,11-12,15-16,18-19H2,1-2H3. The van der Waals surface area contributed by atoms with Crippen molar-refractivity contribution in [2.45, 2.75) is 51.0 Å². The molecule has 1 fully saturated rings. The first kappa shape index (κ1) is 20.6. The molecule has 1 aliphatic heterocycles. The van der Waals surface area contributed by atoms with E-state index in [1.165, 1.54) is 5.56 Å². The maximum absolute atomic E-state index is 11.1. The molecule has 2 aromatic heterocycles. The van der Waals surface area contributed by atoms with E-state index >= 15 is 0 Å². The van der Waals surface area contributed by atoms with Gasteiger partial charge in [0.25, 0.3) is 0 Å². The highest BCUT2D eigenvalue weighted by Crippen LogP contribution is 2.27. The predicted octanol–water partition coefficient (Wildman–Crippen LogP) is 3.19. The second kappa shape index (κ2) is 8.23. The molecule has 1 aromatic carbocycles. The van der Waals surface area contributed by atoms with Gasteiger partial charge in [0, 0.05) is 43.0 Å². The van der Waals surface area contributed by atoms with E-state index in [1.807, 2.05) is 30.6 Å². The van der Waals surface area contributed by atoms with E-state index in [1.54, 1.807) is 20.0 Å². The van der Waals surface area contributed by atoms with Crippen molar-refractivity contribution in [1.82, 2.24) is 14.5 Å². The van der Waals surface area contributed by atoms with Crippen molar-refractivity contribution in [3.63, 3.8) is 0 Å². The van der Waals surface area contributed by atoms with E-state index in [2.05, 4.69) is 44.5 Å². The third-order valence-corrected chi connectivity index (χ3v) is 5.70. The van der Waals surface area contributed by atoms with Gasteiger partial charge < -0.3 is 14.8 Å². The number of piperidine rings is 1. The maximum atomic E-state index is 11.1. The third-order valence-electron chi connectivity index (χ3n) is 5.70. The monoisotopic (exact) mass is 403 g/mol. The summed E-state index contributed by atoms with van der Waals surface area (Å²) >= 11 is 0. The molecule has 156 valence electrons. The smallest absolute Gasteiger partial charge is 0.120 e. The first-order valence-corrected chi connectivity index (χ1v) is 10.5. The highest BCUT2D eigenvalue weighted by molar-refractivity contribution is 5.78. The lowest BCUT2D eigenvalue weighted by Crippen LogP contribution is -2.46. The Balaban J connectivity index is 1.33. The van der Waals surface area contributed by atoms with Crippen LogP contribution in [-0.4, -0.2) is 49.0 Å². The molecule has 0 amide bonds. The van der Waals surface area contributed by atoms with Gasteiger partial charge in [-0.05, 0) is 56.5 Å². The lowest BCUT2D eigenvalue weighted by Gasteiger charge is -2.38. The van der Waals surface area contributed by atoms with Crippen molar-refractivity contribution in [2.24, 2.45) is 0 Å². The maximum Gasteiger partial charge on any atom is 0.120 e. The van der Waals surface area contributed by atoms with Crippen molar-refractivity contribution < 1.29 is 10.2 Å². The van der Waals surface area contributed by atoms with E-state index in [0.717, 1.165) is 48.9 Å². The summed E-state index contributed by atoms with van der Waals surface area (Å²) in [6.07, 6.45) is 7.21. The fourth-order valence-corrected chi connectivity index (χ4v) is 3.95. The lowest BCUT2D eigenvalue weighted by molar-refractivity contribution is -0.0349. The number of nitrogens with zero attached hydrogens (tertiary/aromatic N) is 3. The Morgan fingerprint density at radius 3 is 2.53 bits per heavy atom.